The van der Waals surface area contributed by atoms with E-state index < -0.39 is 6.04 Å². The number of piperazine rings is 1. The number of amides is 3. The quantitative estimate of drug-likeness (QED) is 0.200. The Balaban J connectivity index is 0.661. The standard InChI is InChI=1S/C46H51ClN8O3/c47-38-7-8-39(43-42(38)34(24-48)25-49-43)53-17-13-32(14-18-53)31-1-3-35(4-2-31)54-28-46(29-54)15-11-30(12-16-46)26-51-19-21-52(22-20-51)36-5-6-37-33(23-36)27-55(45(37)58)40-9-10-41(56)50-44(40)57/h1-8,23,25,30,32,40,49H,9-22,26-29H2,(H,50,56,57). The molecule has 3 aromatic carbocycles. The van der Waals surface area contributed by atoms with Gasteiger partial charge in [0.2, 0.25) is 11.8 Å². The van der Waals surface area contributed by atoms with Crippen LogP contribution >= 0.6 is 11.6 Å². The molecule has 6 heterocycles. The molecule has 5 fully saturated rings. The van der Waals surface area contributed by atoms with E-state index in [9.17, 15) is 19.6 Å². The maximum absolute atomic E-state index is 13.2. The first-order chi connectivity index (χ1) is 28.2. The van der Waals surface area contributed by atoms with Crippen molar-refractivity contribution in [3.8, 4) is 6.07 Å². The summed E-state index contributed by atoms with van der Waals surface area (Å²) in [4.78, 5) is 52.3. The first-order valence-electron chi connectivity index (χ1n) is 21.3. The van der Waals surface area contributed by atoms with Gasteiger partial charge in [-0.2, -0.15) is 5.26 Å². The highest BCUT2D eigenvalue weighted by Crippen LogP contribution is 2.47. The van der Waals surface area contributed by atoms with Gasteiger partial charge in [0.15, 0.2) is 0 Å². The number of carbonyl (C=O) groups excluding carboxylic acids is 3. The molecular formula is C46H51ClN8O3. The van der Waals surface area contributed by atoms with E-state index in [4.69, 9.17) is 11.6 Å². The van der Waals surface area contributed by atoms with Gasteiger partial charge < -0.3 is 24.6 Å². The molecule has 3 amide bonds. The normalized spacial score (nSPS) is 23.0. The molecule has 1 aliphatic carbocycles. The van der Waals surface area contributed by atoms with Crippen LogP contribution < -0.4 is 20.0 Å². The molecule has 4 saturated heterocycles. The number of carbonyl (C=O) groups is 3. The summed E-state index contributed by atoms with van der Waals surface area (Å²) in [5, 5.41) is 13.4. The van der Waals surface area contributed by atoms with Gasteiger partial charge in [-0.1, -0.05) is 23.7 Å². The number of nitrogens with zero attached hydrogens (tertiary/aromatic N) is 6. The Labute approximate surface area is 344 Å². The number of aromatic nitrogens is 1. The van der Waals surface area contributed by atoms with Crippen molar-refractivity contribution in [2.45, 2.75) is 69.9 Å². The molecule has 2 N–H and O–H groups in total. The second kappa shape index (κ2) is 15.0. The van der Waals surface area contributed by atoms with E-state index in [-0.39, 0.29) is 24.1 Å². The average Bonchev–Trinajstić information content (AvgIpc) is 3.82. The number of hydrogen-bond donors (Lipinski definition) is 2. The fourth-order valence-electron chi connectivity index (χ4n) is 11.0. The maximum Gasteiger partial charge on any atom is 0.255 e. The van der Waals surface area contributed by atoms with E-state index in [1.54, 1.807) is 11.1 Å². The Morgan fingerprint density at radius 2 is 1.55 bits per heavy atom. The third-order valence-corrected chi connectivity index (χ3v) is 14.7. The number of rotatable bonds is 7. The number of anilines is 3. The number of halogens is 1. The van der Waals surface area contributed by atoms with E-state index in [1.807, 2.05) is 12.1 Å². The van der Waals surface area contributed by atoms with Crippen LogP contribution in [-0.2, 0) is 16.1 Å². The Hall–Kier alpha value is -5.05. The van der Waals surface area contributed by atoms with Crippen LogP contribution in [0.3, 0.4) is 0 Å². The minimum Gasteiger partial charge on any atom is -0.370 e. The molecule has 1 spiro atoms. The second-order valence-electron chi connectivity index (χ2n) is 17.8. The van der Waals surface area contributed by atoms with Crippen LogP contribution in [0.5, 0.6) is 0 Å². The topological polar surface area (TPSA) is 119 Å². The summed E-state index contributed by atoms with van der Waals surface area (Å²) in [5.41, 5.74) is 8.75. The minimum atomic E-state index is -0.581. The van der Waals surface area contributed by atoms with E-state index in [0.29, 0.717) is 40.4 Å². The van der Waals surface area contributed by atoms with Gasteiger partial charge in [0.25, 0.3) is 5.91 Å². The number of imide groups is 1. The van der Waals surface area contributed by atoms with Gasteiger partial charge in [-0.15, -0.1) is 0 Å². The van der Waals surface area contributed by atoms with E-state index in [1.165, 1.54) is 56.6 Å². The molecule has 5 aliphatic heterocycles. The molecule has 1 aromatic heterocycles. The Morgan fingerprint density at radius 1 is 0.810 bits per heavy atom. The van der Waals surface area contributed by atoms with Crippen LogP contribution in [0.2, 0.25) is 5.02 Å². The lowest BCUT2D eigenvalue weighted by atomic mass is 9.65. The van der Waals surface area contributed by atoms with E-state index >= 15 is 0 Å². The summed E-state index contributed by atoms with van der Waals surface area (Å²) >= 11 is 6.47. The van der Waals surface area contributed by atoms with Crippen molar-refractivity contribution in [1.82, 2.24) is 20.1 Å². The summed E-state index contributed by atoms with van der Waals surface area (Å²) in [5.74, 6) is 0.577. The molecule has 300 valence electrons. The first kappa shape index (κ1) is 37.2. The third kappa shape index (κ3) is 6.78. The van der Waals surface area contributed by atoms with Gasteiger partial charge >= 0.3 is 0 Å². The molecule has 0 radical (unpaired) electrons. The lowest BCUT2D eigenvalue weighted by Crippen LogP contribution is -2.58. The zero-order valence-electron chi connectivity index (χ0n) is 33.0. The Kier molecular flexibility index (Phi) is 9.60. The van der Waals surface area contributed by atoms with Crippen molar-refractivity contribution >= 4 is 57.3 Å². The molecular weight excluding hydrogens is 748 g/mol. The highest BCUT2D eigenvalue weighted by molar-refractivity contribution is 6.36. The molecule has 12 heteroatoms. The lowest BCUT2D eigenvalue weighted by Gasteiger charge is -2.55. The number of H-pyrrole nitrogens is 1. The molecule has 10 rings (SSSR count). The van der Waals surface area contributed by atoms with Gasteiger partial charge in [-0.25, -0.2) is 0 Å². The average molecular weight is 799 g/mol. The van der Waals surface area contributed by atoms with Gasteiger partial charge in [0, 0.05) is 106 Å². The van der Waals surface area contributed by atoms with E-state index in [0.717, 1.165) is 85.9 Å². The lowest BCUT2D eigenvalue weighted by molar-refractivity contribution is -0.136. The number of aromatic amines is 1. The fourth-order valence-corrected chi connectivity index (χ4v) is 11.3. The minimum absolute atomic E-state index is 0.116. The van der Waals surface area contributed by atoms with Gasteiger partial charge in [0.05, 0.1) is 21.8 Å². The summed E-state index contributed by atoms with van der Waals surface area (Å²) in [6, 6.07) is 21.2. The SMILES string of the molecule is N#Cc1c[nH]c2c(N3CCC(c4ccc(N5CC6(CCC(CN7CCN(c8ccc9c(c8)CN(C8CCC(=O)NC8=O)C9=O)CC7)CC6)C5)cc4)CC3)ccc(Cl)c12. The third-order valence-electron chi connectivity index (χ3n) is 14.4. The molecule has 58 heavy (non-hydrogen) atoms. The number of hydrogen-bond acceptors (Lipinski definition) is 8. The zero-order chi connectivity index (χ0) is 39.5. The van der Waals surface area contributed by atoms with Gasteiger partial charge in [-0.3, -0.25) is 24.6 Å². The summed E-state index contributed by atoms with van der Waals surface area (Å²) in [7, 11) is 0. The Morgan fingerprint density at radius 3 is 2.28 bits per heavy atom. The van der Waals surface area contributed by atoms with Crippen LogP contribution in [-0.4, -0.2) is 97.4 Å². The van der Waals surface area contributed by atoms with Crippen LogP contribution in [0.1, 0.15) is 84.3 Å². The fraction of sp³-hybridized carbons (Fsp3) is 0.478. The van der Waals surface area contributed by atoms with Crippen molar-refractivity contribution in [2.75, 3.05) is 73.6 Å². The van der Waals surface area contributed by atoms with Crippen LogP contribution in [0, 0.1) is 22.7 Å². The van der Waals surface area contributed by atoms with Crippen LogP contribution in [0.15, 0.2) is 60.8 Å². The van der Waals surface area contributed by atoms with Crippen molar-refractivity contribution in [3.63, 3.8) is 0 Å². The van der Waals surface area contributed by atoms with Crippen molar-refractivity contribution in [1.29, 1.82) is 5.26 Å². The maximum atomic E-state index is 13.2. The smallest absolute Gasteiger partial charge is 0.255 e. The van der Waals surface area contributed by atoms with Crippen molar-refractivity contribution < 1.29 is 14.4 Å². The number of benzene rings is 3. The monoisotopic (exact) mass is 798 g/mol. The first-order valence-corrected chi connectivity index (χ1v) is 21.7. The molecule has 0 bridgehead atoms. The molecule has 4 aromatic rings. The van der Waals surface area contributed by atoms with Crippen molar-refractivity contribution in [2.24, 2.45) is 11.3 Å². The molecule has 1 unspecified atom stereocenters. The van der Waals surface area contributed by atoms with Gasteiger partial charge in [-0.05, 0) is 110 Å². The highest BCUT2D eigenvalue weighted by Gasteiger charge is 2.45. The molecule has 1 saturated carbocycles. The summed E-state index contributed by atoms with van der Waals surface area (Å²) in [6.07, 6.45) is 9.91. The second-order valence-corrected chi connectivity index (χ2v) is 18.2. The van der Waals surface area contributed by atoms with Crippen LogP contribution in [0.25, 0.3) is 10.9 Å². The predicted molar refractivity (Wildman–Crippen MR) is 226 cm³/mol. The number of fused-ring (bicyclic) bond motifs is 2. The molecule has 6 aliphatic rings. The van der Waals surface area contributed by atoms with E-state index in [2.05, 4.69) is 78.4 Å². The zero-order valence-corrected chi connectivity index (χ0v) is 33.8. The number of piperidine rings is 2. The van der Waals surface area contributed by atoms with Gasteiger partial charge in [0.1, 0.15) is 12.1 Å². The highest BCUT2D eigenvalue weighted by atomic mass is 35.5. The Bertz CT molecular complexity index is 2290. The summed E-state index contributed by atoms with van der Waals surface area (Å²) < 4.78 is 0. The predicted octanol–water partition coefficient (Wildman–Crippen LogP) is 6.66. The van der Waals surface area contributed by atoms with Crippen LogP contribution in [0.4, 0.5) is 17.1 Å². The number of nitrogens with one attached hydrogen (secondary N) is 2. The largest absolute Gasteiger partial charge is 0.370 e. The molecule has 1 atom stereocenters. The summed E-state index contributed by atoms with van der Waals surface area (Å²) in [6.45, 7) is 9.95. The van der Waals surface area contributed by atoms with Crippen molar-refractivity contribution in [3.05, 3.63) is 88.1 Å². The number of nitriles is 1. The molecule has 11 nitrogen and oxygen atoms in total.